The summed E-state index contributed by atoms with van der Waals surface area (Å²) in [7, 11) is 0. The molecule has 3 nitrogen and oxygen atoms in total. The van der Waals surface area contributed by atoms with Gasteiger partial charge in [0.15, 0.2) is 0 Å². The lowest BCUT2D eigenvalue weighted by molar-refractivity contribution is 1.07. The number of halogens is 2. The van der Waals surface area contributed by atoms with Crippen LogP contribution in [0.15, 0.2) is 52.4 Å². The van der Waals surface area contributed by atoms with Crippen LogP contribution < -0.4 is 5.32 Å². The lowest BCUT2D eigenvalue weighted by atomic mass is 10.3. The highest BCUT2D eigenvalue weighted by Gasteiger charge is 2.05. The number of hydrogen-bond donors (Lipinski definition) is 1. The zero-order chi connectivity index (χ0) is 14.7. The fourth-order valence-electron chi connectivity index (χ4n) is 1.79. The highest BCUT2D eigenvalue weighted by Crippen LogP contribution is 2.26. The Bertz CT molecular complexity index is 746. The van der Waals surface area contributed by atoms with Crippen LogP contribution in [0, 0.1) is 0 Å². The molecule has 0 spiro atoms. The molecule has 0 saturated carbocycles. The molecule has 0 saturated heterocycles. The molecule has 6 heteroatoms. The molecule has 0 aliphatic rings. The molecule has 0 bridgehead atoms. The first-order chi connectivity index (χ1) is 10.2. The molecule has 0 aliphatic heterocycles. The van der Waals surface area contributed by atoms with Crippen LogP contribution in [-0.4, -0.2) is 9.97 Å². The van der Waals surface area contributed by atoms with E-state index in [1.165, 1.54) is 0 Å². The Hall–Kier alpha value is -1.43. The van der Waals surface area contributed by atoms with Gasteiger partial charge in [-0.3, -0.25) is 4.98 Å². The summed E-state index contributed by atoms with van der Waals surface area (Å²) in [6.07, 6.45) is 1.78. The lowest BCUT2D eigenvalue weighted by Gasteiger charge is -2.05. The first-order valence-corrected chi connectivity index (χ1v) is 8.32. The summed E-state index contributed by atoms with van der Waals surface area (Å²) in [6.45, 7) is 0.664. The van der Waals surface area contributed by atoms with Crippen LogP contribution >= 0.6 is 38.9 Å². The van der Waals surface area contributed by atoms with Gasteiger partial charge >= 0.3 is 0 Å². The normalized spacial score (nSPS) is 10.6. The molecule has 0 unspecified atom stereocenters. The zero-order valence-electron chi connectivity index (χ0n) is 10.9. The Morgan fingerprint density at radius 1 is 1.24 bits per heavy atom. The fourth-order valence-corrected chi connectivity index (χ4v) is 3.09. The lowest BCUT2D eigenvalue weighted by Crippen LogP contribution is -1.99. The quantitative estimate of drug-likeness (QED) is 0.673. The second-order valence-electron chi connectivity index (χ2n) is 4.34. The molecule has 1 aromatic carbocycles. The number of benzene rings is 1. The van der Waals surface area contributed by atoms with E-state index >= 15 is 0 Å². The average molecular weight is 381 g/mol. The van der Waals surface area contributed by atoms with Gasteiger partial charge in [0.2, 0.25) is 0 Å². The van der Waals surface area contributed by atoms with E-state index in [2.05, 4.69) is 31.2 Å². The summed E-state index contributed by atoms with van der Waals surface area (Å²) in [5, 5.41) is 7.01. The Labute approximate surface area is 140 Å². The molecule has 2 aromatic heterocycles. The van der Waals surface area contributed by atoms with Gasteiger partial charge in [-0.1, -0.05) is 17.7 Å². The summed E-state index contributed by atoms with van der Waals surface area (Å²) in [5.74, 6) is 0. The van der Waals surface area contributed by atoms with Crippen molar-refractivity contribution >= 4 is 44.6 Å². The maximum atomic E-state index is 5.98. The van der Waals surface area contributed by atoms with Crippen molar-refractivity contribution in [2.45, 2.75) is 6.54 Å². The number of pyridine rings is 1. The zero-order valence-corrected chi connectivity index (χ0v) is 14.0. The molecular weight excluding hydrogens is 370 g/mol. The van der Waals surface area contributed by atoms with Crippen molar-refractivity contribution in [3.05, 3.63) is 63.2 Å². The van der Waals surface area contributed by atoms with Crippen molar-refractivity contribution in [2.75, 3.05) is 5.32 Å². The van der Waals surface area contributed by atoms with Crippen LogP contribution in [0.1, 0.15) is 5.69 Å². The minimum Gasteiger partial charge on any atom is -0.379 e. The van der Waals surface area contributed by atoms with Crippen molar-refractivity contribution < 1.29 is 0 Å². The highest BCUT2D eigenvalue weighted by atomic mass is 79.9. The van der Waals surface area contributed by atoms with Crippen molar-refractivity contribution in [3.63, 3.8) is 0 Å². The Morgan fingerprint density at radius 3 is 2.90 bits per heavy atom. The third kappa shape index (κ3) is 3.61. The van der Waals surface area contributed by atoms with Crippen molar-refractivity contribution in [3.8, 4) is 10.7 Å². The molecule has 3 rings (SSSR count). The molecule has 0 amide bonds. The Morgan fingerprint density at radius 2 is 2.14 bits per heavy atom. The van der Waals surface area contributed by atoms with Gasteiger partial charge in [0.1, 0.15) is 5.01 Å². The number of rotatable bonds is 4. The first kappa shape index (κ1) is 14.5. The summed E-state index contributed by atoms with van der Waals surface area (Å²) in [5.41, 5.74) is 2.90. The van der Waals surface area contributed by atoms with Crippen LogP contribution in [0.4, 0.5) is 5.69 Å². The SMILES string of the molecule is Clc1ccc(NCc2csc(-c3ccccn3)n2)cc1Br. The Balaban J connectivity index is 1.69. The third-order valence-electron chi connectivity index (χ3n) is 2.83. The van der Waals surface area contributed by atoms with E-state index in [0.29, 0.717) is 11.6 Å². The molecule has 0 fully saturated rings. The second-order valence-corrected chi connectivity index (χ2v) is 6.46. The smallest absolute Gasteiger partial charge is 0.142 e. The summed E-state index contributed by atoms with van der Waals surface area (Å²) in [4.78, 5) is 8.90. The van der Waals surface area contributed by atoms with E-state index in [1.807, 2.05) is 41.8 Å². The maximum Gasteiger partial charge on any atom is 0.142 e. The van der Waals surface area contributed by atoms with Gasteiger partial charge in [-0.2, -0.15) is 0 Å². The largest absolute Gasteiger partial charge is 0.379 e. The molecule has 106 valence electrons. The van der Waals surface area contributed by atoms with E-state index in [1.54, 1.807) is 17.5 Å². The summed E-state index contributed by atoms with van der Waals surface area (Å²) < 4.78 is 0.876. The van der Waals surface area contributed by atoms with E-state index in [9.17, 15) is 0 Å². The molecule has 0 atom stereocenters. The second kappa shape index (κ2) is 6.56. The molecule has 0 aliphatic carbocycles. The van der Waals surface area contributed by atoms with Crippen LogP contribution in [0.5, 0.6) is 0 Å². The number of nitrogens with one attached hydrogen (secondary N) is 1. The Kier molecular flexibility index (Phi) is 4.53. The predicted molar refractivity (Wildman–Crippen MR) is 91.8 cm³/mol. The predicted octanol–water partition coefficient (Wildman–Crippen LogP) is 5.23. The highest BCUT2D eigenvalue weighted by molar-refractivity contribution is 9.10. The molecule has 3 aromatic rings. The summed E-state index contributed by atoms with van der Waals surface area (Å²) in [6, 6.07) is 11.6. The van der Waals surface area contributed by atoms with E-state index < -0.39 is 0 Å². The topological polar surface area (TPSA) is 37.8 Å². The first-order valence-electron chi connectivity index (χ1n) is 6.27. The van der Waals surface area contributed by atoms with Crippen molar-refractivity contribution in [2.24, 2.45) is 0 Å². The minimum atomic E-state index is 0.664. The number of anilines is 1. The van der Waals surface area contributed by atoms with Crippen molar-refractivity contribution in [1.82, 2.24) is 9.97 Å². The van der Waals surface area contributed by atoms with Gasteiger partial charge in [-0.25, -0.2) is 4.98 Å². The van der Waals surface area contributed by atoms with Gasteiger partial charge in [-0.15, -0.1) is 11.3 Å². The number of nitrogens with zero attached hydrogens (tertiary/aromatic N) is 2. The summed E-state index contributed by atoms with van der Waals surface area (Å²) >= 11 is 11.0. The van der Waals surface area contributed by atoms with Crippen LogP contribution in [0.25, 0.3) is 10.7 Å². The van der Waals surface area contributed by atoms with Gasteiger partial charge in [0, 0.05) is 21.7 Å². The van der Waals surface area contributed by atoms with Gasteiger partial charge in [0.25, 0.3) is 0 Å². The number of thiazole rings is 1. The molecule has 2 heterocycles. The average Bonchev–Trinajstić information content (AvgIpc) is 2.98. The van der Waals surface area contributed by atoms with Crippen LogP contribution in [-0.2, 0) is 6.54 Å². The molecular formula is C15H11BrClN3S. The van der Waals surface area contributed by atoms with Gasteiger partial charge < -0.3 is 5.32 Å². The number of aromatic nitrogens is 2. The van der Waals surface area contributed by atoms with Gasteiger partial charge in [-0.05, 0) is 46.3 Å². The minimum absolute atomic E-state index is 0.664. The van der Waals surface area contributed by atoms with Crippen LogP contribution in [0.2, 0.25) is 5.02 Å². The molecule has 1 N–H and O–H groups in total. The van der Waals surface area contributed by atoms with Crippen molar-refractivity contribution in [1.29, 1.82) is 0 Å². The standard InChI is InChI=1S/C15H11BrClN3S/c16-12-7-10(4-5-13(12)17)19-8-11-9-21-15(20-11)14-3-1-2-6-18-14/h1-7,9,19H,8H2. The number of hydrogen-bond acceptors (Lipinski definition) is 4. The molecule has 0 radical (unpaired) electrons. The third-order valence-corrected chi connectivity index (χ3v) is 4.96. The monoisotopic (exact) mass is 379 g/mol. The van der Waals surface area contributed by atoms with E-state index in [4.69, 9.17) is 11.6 Å². The van der Waals surface area contributed by atoms with Crippen LogP contribution in [0.3, 0.4) is 0 Å². The molecule has 21 heavy (non-hydrogen) atoms. The van der Waals surface area contributed by atoms with E-state index in [-0.39, 0.29) is 0 Å². The van der Waals surface area contributed by atoms with Gasteiger partial charge in [0.05, 0.1) is 23.0 Å². The fraction of sp³-hybridized carbons (Fsp3) is 0.0667. The maximum absolute atomic E-state index is 5.98. The van der Waals surface area contributed by atoms with E-state index in [0.717, 1.165) is 26.6 Å².